The maximum Gasteiger partial charge on any atom is 0.231 e. The lowest BCUT2D eigenvalue weighted by Crippen LogP contribution is -1.93. The van der Waals surface area contributed by atoms with Gasteiger partial charge in [-0.2, -0.15) is 0 Å². The molecule has 1 aromatic heterocycles. The van der Waals surface area contributed by atoms with E-state index in [1.165, 1.54) is 10.4 Å². The van der Waals surface area contributed by atoms with Crippen LogP contribution in [0.5, 0.6) is 11.5 Å². The monoisotopic (exact) mass is 248 g/mol. The van der Waals surface area contributed by atoms with Gasteiger partial charge < -0.3 is 15.2 Å². The molecule has 0 spiro atoms. The van der Waals surface area contributed by atoms with Crippen molar-refractivity contribution in [3.8, 4) is 11.5 Å². The summed E-state index contributed by atoms with van der Waals surface area (Å²) in [6.45, 7) is 0.324. The number of thiazole rings is 1. The van der Waals surface area contributed by atoms with Gasteiger partial charge in [0.1, 0.15) is 0 Å². The zero-order chi connectivity index (χ0) is 11.7. The molecular formula is C12H12N2O2S. The molecule has 0 bridgehead atoms. The molecule has 2 heterocycles. The molecule has 1 aromatic carbocycles. The van der Waals surface area contributed by atoms with Crippen LogP contribution in [-0.2, 0) is 12.8 Å². The van der Waals surface area contributed by atoms with E-state index in [-0.39, 0.29) is 0 Å². The second kappa shape index (κ2) is 4.25. The van der Waals surface area contributed by atoms with Crippen LogP contribution < -0.4 is 15.2 Å². The van der Waals surface area contributed by atoms with Gasteiger partial charge in [0, 0.05) is 11.1 Å². The first-order valence-electron chi connectivity index (χ1n) is 5.40. The molecule has 2 N–H and O–H groups in total. The van der Waals surface area contributed by atoms with Crippen molar-refractivity contribution in [1.82, 2.24) is 4.98 Å². The zero-order valence-electron chi connectivity index (χ0n) is 9.18. The van der Waals surface area contributed by atoms with Gasteiger partial charge in [0.05, 0.1) is 0 Å². The highest BCUT2D eigenvalue weighted by Crippen LogP contribution is 2.32. The zero-order valence-corrected chi connectivity index (χ0v) is 10.00. The number of aryl methyl sites for hydroxylation is 2. The Morgan fingerprint density at radius 3 is 2.94 bits per heavy atom. The first kappa shape index (κ1) is 10.4. The maximum absolute atomic E-state index is 5.59. The largest absolute Gasteiger partial charge is 0.454 e. The minimum Gasteiger partial charge on any atom is -0.454 e. The van der Waals surface area contributed by atoms with E-state index in [0.29, 0.717) is 11.9 Å². The number of anilines is 1. The van der Waals surface area contributed by atoms with Gasteiger partial charge in [-0.15, -0.1) is 11.3 Å². The van der Waals surface area contributed by atoms with Crippen molar-refractivity contribution in [2.75, 3.05) is 12.5 Å². The number of nitrogens with two attached hydrogens (primary N) is 1. The molecule has 0 unspecified atom stereocenters. The molecule has 0 saturated heterocycles. The van der Waals surface area contributed by atoms with Crippen molar-refractivity contribution < 1.29 is 9.47 Å². The van der Waals surface area contributed by atoms with E-state index in [9.17, 15) is 0 Å². The lowest BCUT2D eigenvalue weighted by Gasteiger charge is -2.01. The lowest BCUT2D eigenvalue weighted by molar-refractivity contribution is 0.174. The fourth-order valence-electron chi connectivity index (χ4n) is 1.80. The Morgan fingerprint density at radius 2 is 2.12 bits per heavy atom. The van der Waals surface area contributed by atoms with Gasteiger partial charge in [-0.25, -0.2) is 4.98 Å². The Hall–Kier alpha value is -1.75. The van der Waals surface area contributed by atoms with Crippen LogP contribution in [0.4, 0.5) is 5.13 Å². The molecular weight excluding hydrogens is 236 g/mol. The number of nitrogens with zero attached hydrogens (tertiary/aromatic N) is 1. The summed E-state index contributed by atoms with van der Waals surface area (Å²) in [6.07, 6.45) is 3.75. The fraction of sp³-hybridized carbons (Fsp3) is 0.250. The molecule has 2 aromatic rings. The minimum atomic E-state index is 0.324. The summed E-state index contributed by atoms with van der Waals surface area (Å²) in [5.41, 5.74) is 6.83. The molecule has 17 heavy (non-hydrogen) atoms. The number of fused-ring (bicyclic) bond motifs is 1. The summed E-state index contributed by atoms with van der Waals surface area (Å²) in [4.78, 5) is 5.25. The number of nitrogen functional groups attached to an aromatic ring is 1. The van der Waals surface area contributed by atoms with E-state index in [2.05, 4.69) is 11.1 Å². The topological polar surface area (TPSA) is 57.4 Å². The lowest BCUT2D eigenvalue weighted by atomic mass is 10.1. The van der Waals surface area contributed by atoms with E-state index < -0.39 is 0 Å². The number of benzene rings is 1. The molecule has 5 heteroatoms. The minimum absolute atomic E-state index is 0.324. The highest BCUT2D eigenvalue weighted by atomic mass is 32.1. The third-order valence-corrected chi connectivity index (χ3v) is 3.55. The van der Waals surface area contributed by atoms with Crippen LogP contribution in [0, 0.1) is 0 Å². The van der Waals surface area contributed by atoms with Gasteiger partial charge in [0.15, 0.2) is 16.6 Å². The number of hydrogen-bond donors (Lipinski definition) is 1. The van der Waals surface area contributed by atoms with Gasteiger partial charge in [0.2, 0.25) is 6.79 Å². The van der Waals surface area contributed by atoms with Gasteiger partial charge in [-0.05, 0) is 30.5 Å². The second-order valence-electron chi connectivity index (χ2n) is 3.85. The third-order valence-electron chi connectivity index (χ3n) is 2.67. The quantitative estimate of drug-likeness (QED) is 0.905. The normalized spacial score (nSPS) is 12.9. The molecule has 1 aliphatic heterocycles. The predicted molar refractivity (Wildman–Crippen MR) is 66.5 cm³/mol. The van der Waals surface area contributed by atoms with Crippen LogP contribution in [0.1, 0.15) is 10.4 Å². The average molecular weight is 248 g/mol. The van der Waals surface area contributed by atoms with Crippen LogP contribution >= 0.6 is 11.3 Å². The Labute approximate surface area is 103 Å². The van der Waals surface area contributed by atoms with Crippen molar-refractivity contribution in [1.29, 1.82) is 0 Å². The van der Waals surface area contributed by atoms with Crippen molar-refractivity contribution in [3.05, 3.63) is 34.8 Å². The van der Waals surface area contributed by atoms with E-state index in [4.69, 9.17) is 15.2 Å². The van der Waals surface area contributed by atoms with Crippen LogP contribution in [0.2, 0.25) is 0 Å². The van der Waals surface area contributed by atoms with Crippen molar-refractivity contribution in [2.24, 2.45) is 0 Å². The highest BCUT2D eigenvalue weighted by Gasteiger charge is 2.13. The van der Waals surface area contributed by atoms with Crippen molar-refractivity contribution in [3.63, 3.8) is 0 Å². The average Bonchev–Trinajstić information content (AvgIpc) is 2.94. The first-order chi connectivity index (χ1) is 8.31. The van der Waals surface area contributed by atoms with Crippen molar-refractivity contribution >= 4 is 16.5 Å². The number of hydrogen-bond acceptors (Lipinski definition) is 5. The van der Waals surface area contributed by atoms with E-state index in [1.807, 2.05) is 18.3 Å². The van der Waals surface area contributed by atoms with E-state index in [0.717, 1.165) is 24.3 Å². The predicted octanol–water partition coefficient (Wildman–Crippen LogP) is 2.24. The first-order valence-corrected chi connectivity index (χ1v) is 6.21. The molecule has 0 amide bonds. The highest BCUT2D eigenvalue weighted by molar-refractivity contribution is 7.15. The smallest absolute Gasteiger partial charge is 0.231 e. The molecule has 0 radical (unpaired) electrons. The summed E-state index contributed by atoms with van der Waals surface area (Å²) in [5.74, 6) is 1.67. The molecule has 0 aliphatic carbocycles. The van der Waals surface area contributed by atoms with Crippen molar-refractivity contribution in [2.45, 2.75) is 12.8 Å². The van der Waals surface area contributed by atoms with Gasteiger partial charge in [0.25, 0.3) is 0 Å². The van der Waals surface area contributed by atoms with Gasteiger partial charge >= 0.3 is 0 Å². The fourth-order valence-corrected chi connectivity index (χ4v) is 2.49. The molecule has 0 atom stereocenters. The summed E-state index contributed by atoms with van der Waals surface area (Å²) >= 11 is 1.54. The molecule has 88 valence electrons. The second-order valence-corrected chi connectivity index (χ2v) is 5.00. The van der Waals surface area contributed by atoms with Crippen LogP contribution in [0.25, 0.3) is 0 Å². The van der Waals surface area contributed by atoms with E-state index >= 15 is 0 Å². The molecule has 1 aliphatic rings. The molecule has 3 rings (SSSR count). The summed E-state index contributed by atoms with van der Waals surface area (Å²) < 4.78 is 10.6. The summed E-state index contributed by atoms with van der Waals surface area (Å²) in [7, 11) is 0. The Morgan fingerprint density at radius 1 is 1.24 bits per heavy atom. The molecule has 0 fully saturated rings. The van der Waals surface area contributed by atoms with Crippen LogP contribution in [-0.4, -0.2) is 11.8 Å². The summed E-state index contributed by atoms with van der Waals surface area (Å²) in [6, 6.07) is 6.06. The number of ether oxygens (including phenoxy) is 2. The third kappa shape index (κ3) is 2.19. The SMILES string of the molecule is Nc1ncc(CCc2ccc3c(c2)OCO3)s1. The number of rotatable bonds is 3. The van der Waals surface area contributed by atoms with E-state index in [1.54, 1.807) is 11.3 Å². The standard InChI is InChI=1S/C12H12N2O2S/c13-12-14-6-9(17-12)3-1-8-2-4-10-11(5-8)16-7-15-10/h2,4-6H,1,3,7H2,(H2,13,14). The molecule has 0 saturated carbocycles. The van der Waals surface area contributed by atoms with Gasteiger partial charge in [-0.1, -0.05) is 6.07 Å². The Kier molecular flexibility index (Phi) is 2.60. The number of aromatic nitrogens is 1. The maximum atomic E-state index is 5.59. The van der Waals surface area contributed by atoms with Crippen LogP contribution in [0.3, 0.4) is 0 Å². The summed E-state index contributed by atoms with van der Waals surface area (Å²) in [5, 5.41) is 0.630. The van der Waals surface area contributed by atoms with Crippen LogP contribution in [0.15, 0.2) is 24.4 Å². The Bertz CT molecular complexity index is 539. The Balaban J connectivity index is 1.69. The van der Waals surface area contributed by atoms with Gasteiger partial charge in [-0.3, -0.25) is 0 Å². The molecule has 4 nitrogen and oxygen atoms in total.